The van der Waals surface area contributed by atoms with E-state index >= 15 is 0 Å². The molecule has 0 amide bonds. The van der Waals surface area contributed by atoms with E-state index < -0.39 is 19.5 Å². The number of rotatable bonds is 1. The predicted octanol–water partition coefficient (Wildman–Crippen LogP) is -1.45. The first-order valence-electron chi connectivity index (χ1n) is 1.85. The predicted molar refractivity (Wildman–Crippen MR) is 38.6 cm³/mol. The van der Waals surface area contributed by atoms with Crippen molar-refractivity contribution in [1.29, 1.82) is 0 Å². The van der Waals surface area contributed by atoms with Gasteiger partial charge in [-0.25, -0.2) is 9.93 Å². The van der Waals surface area contributed by atoms with Gasteiger partial charge in [-0.1, -0.05) is 4.40 Å². The molecule has 0 saturated carbocycles. The lowest BCUT2D eigenvalue weighted by molar-refractivity contribution is 0.485. The first kappa shape index (κ1) is 14.0. The van der Waals surface area contributed by atoms with E-state index in [-0.39, 0.29) is 0 Å². The fraction of sp³-hybridized carbons (Fsp3) is 0. The van der Waals surface area contributed by atoms with Crippen molar-refractivity contribution < 1.29 is 26.2 Å². The molecular formula is CH3ClN2O6S2. The van der Waals surface area contributed by atoms with E-state index in [0.29, 0.717) is 0 Å². The van der Waals surface area contributed by atoms with Gasteiger partial charge >= 0.3 is 19.5 Å². The minimum absolute atomic E-state index is 0.763. The minimum atomic E-state index is -4.17. The van der Waals surface area contributed by atoms with Gasteiger partial charge in [0.25, 0.3) is 6.08 Å². The summed E-state index contributed by atoms with van der Waals surface area (Å²) in [5, 5.41) is 3.88. The van der Waals surface area contributed by atoms with E-state index in [2.05, 4.69) is 20.2 Å². The summed E-state index contributed by atoms with van der Waals surface area (Å²) in [7, 11) is -3.79. The van der Waals surface area contributed by atoms with Crippen LogP contribution in [0.15, 0.2) is 4.40 Å². The van der Waals surface area contributed by atoms with Crippen LogP contribution in [0.3, 0.4) is 0 Å². The monoisotopic (exact) mass is 238 g/mol. The van der Waals surface area contributed by atoms with Crippen LogP contribution in [0.4, 0.5) is 0 Å². The molecule has 8 nitrogen and oxygen atoms in total. The van der Waals surface area contributed by atoms with Crippen LogP contribution in [-0.4, -0.2) is 27.5 Å². The number of halogens is 1. The highest BCUT2D eigenvalue weighted by Crippen LogP contribution is 1.93. The lowest BCUT2D eigenvalue weighted by Crippen LogP contribution is -2.08. The fourth-order valence-corrected chi connectivity index (χ4v) is 0.218. The fourth-order valence-electron chi connectivity index (χ4n) is 0.0445. The van der Waals surface area contributed by atoms with Gasteiger partial charge in [-0.05, 0) is 0 Å². The normalized spacial score (nSPS) is 10.6. The zero-order valence-electron chi connectivity index (χ0n) is 5.21. The van der Waals surface area contributed by atoms with Crippen LogP contribution < -0.4 is 5.14 Å². The van der Waals surface area contributed by atoms with E-state index in [9.17, 15) is 8.42 Å². The number of hydrogen-bond donors (Lipinski definition) is 2. The molecule has 12 heavy (non-hydrogen) atoms. The van der Waals surface area contributed by atoms with Crippen LogP contribution >= 0.6 is 10.7 Å². The van der Waals surface area contributed by atoms with E-state index in [1.807, 2.05) is 0 Å². The molecule has 72 valence electrons. The summed E-state index contributed by atoms with van der Waals surface area (Å²) >= 11 is 0. The van der Waals surface area contributed by atoms with E-state index in [1.165, 1.54) is 0 Å². The number of isocyanates is 1. The van der Waals surface area contributed by atoms with Gasteiger partial charge < -0.3 is 0 Å². The minimum Gasteiger partial charge on any atom is -0.274 e. The van der Waals surface area contributed by atoms with Gasteiger partial charge in [-0.15, -0.1) is 0 Å². The summed E-state index contributed by atoms with van der Waals surface area (Å²) in [5.74, 6) is 0. The molecule has 0 saturated heterocycles. The second-order valence-electron chi connectivity index (χ2n) is 1.11. The molecule has 0 bridgehead atoms. The molecule has 0 aliphatic rings. The third-order valence-corrected chi connectivity index (χ3v) is 0.646. The molecular weight excluding hydrogens is 236 g/mol. The highest BCUT2D eigenvalue weighted by molar-refractivity contribution is 8.12. The van der Waals surface area contributed by atoms with Crippen molar-refractivity contribution in [2.75, 3.05) is 0 Å². The zero-order chi connectivity index (χ0) is 10.4. The summed E-state index contributed by atoms with van der Waals surface area (Å²) in [6.07, 6.45) is 0.763. The van der Waals surface area contributed by atoms with Crippen molar-refractivity contribution in [3.63, 3.8) is 0 Å². The first-order chi connectivity index (χ1) is 5.06. The van der Waals surface area contributed by atoms with Crippen LogP contribution in [0, 0.1) is 0 Å². The third-order valence-electron chi connectivity index (χ3n) is 0.146. The van der Waals surface area contributed by atoms with Gasteiger partial charge in [0.2, 0.25) is 0 Å². The molecule has 0 radical (unpaired) electrons. The largest absolute Gasteiger partial charge is 0.350 e. The smallest absolute Gasteiger partial charge is 0.274 e. The molecule has 11 heteroatoms. The topological polar surface area (TPSA) is 144 Å². The lowest BCUT2D eigenvalue weighted by atomic mass is 11.7. The Bertz CT molecular complexity index is 352. The first-order valence-corrected chi connectivity index (χ1v) is 5.62. The summed E-state index contributed by atoms with van der Waals surface area (Å²) < 4.78 is 46.5. The van der Waals surface area contributed by atoms with Gasteiger partial charge in [0, 0.05) is 10.7 Å². The molecule has 0 aromatic heterocycles. The van der Waals surface area contributed by atoms with Crippen LogP contribution in [0.2, 0.25) is 0 Å². The molecule has 0 aromatic rings. The lowest BCUT2D eigenvalue weighted by Gasteiger charge is -1.70. The Hall–Kier alpha value is -0.510. The van der Waals surface area contributed by atoms with Gasteiger partial charge in [0.15, 0.2) is 0 Å². The molecule has 0 unspecified atom stereocenters. The molecule has 0 fully saturated rings. The van der Waals surface area contributed by atoms with Crippen molar-refractivity contribution in [3.8, 4) is 0 Å². The molecule has 0 rings (SSSR count). The summed E-state index contributed by atoms with van der Waals surface area (Å²) in [6.45, 7) is 0. The maximum absolute atomic E-state index is 9.57. The Morgan fingerprint density at radius 1 is 1.33 bits per heavy atom. The second kappa shape index (κ2) is 5.19. The summed E-state index contributed by atoms with van der Waals surface area (Å²) in [6, 6.07) is 0. The van der Waals surface area contributed by atoms with Gasteiger partial charge in [-0.3, -0.25) is 4.55 Å². The van der Waals surface area contributed by atoms with E-state index in [1.54, 1.807) is 0 Å². The van der Waals surface area contributed by atoms with Crippen molar-refractivity contribution >= 4 is 36.3 Å². The van der Waals surface area contributed by atoms with Crippen molar-refractivity contribution in [2.24, 2.45) is 9.54 Å². The maximum Gasteiger partial charge on any atom is 0.350 e. The quantitative estimate of drug-likeness (QED) is 0.248. The molecule has 3 N–H and O–H groups in total. The molecule has 0 atom stereocenters. The van der Waals surface area contributed by atoms with Gasteiger partial charge in [0.1, 0.15) is 0 Å². The van der Waals surface area contributed by atoms with Crippen molar-refractivity contribution in [3.05, 3.63) is 0 Å². The molecule has 0 heterocycles. The Morgan fingerprint density at radius 3 is 1.58 bits per heavy atom. The number of hydrogen-bond acceptors (Lipinski definition) is 5. The van der Waals surface area contributed by atoms with Crippen LogP contribution in [0.25, 0.3) is 0 Å². The summed E-state index contributed by atoms with van der Waals surface area (Å²) in [4.78, 5) is 9.07. The van der Waals surface area contributed by atoms with Gasteiger partial charge in [0.05, 0.1) is 0 Å². The Balaban J connectivity index is 0. The second-order valence-corrected chi connectivity index (χ2v) is 4.32. The van der Waals surface area contributed by atoms with Crippen LogP contribution in [-0.2, 0) is 24.3 Å². The molecule has 0 spiro atoms. The van der Waals surface area contributed by atoms with Crippen LogP contribution in [0.1, 0.15) is 0 Å². The third kappa shape index (κ3) is 56.2. The SMILES string of the molecule is NS(=O)(=O)O.O=C=NS(=O)(=O)Cl. The Kier molecular flexibility index (Phi) is 6.07. The van der Waals surface area contributed by atoms with Gasteiger partial charge in [-0.2, -0.15) is 16.8 Å². The number of carbonyl (C=O) groups excluding carboxylic acids is 1. The Labute approximate surface area is 72.5 Å². The average molecular weight is 239 g/mol. The maximum atomic E-state index is 9.57. The zero-order valence-corrected chi connectivity index (χ0v) is 7.60. The molecule has 0 aliphatic heterocycles. The summed E-state index contributed by atoms with van der Waals surface area (Å²) in [5.41, 5.74) is 0. The molecule has 0 aliphatic carbocycles. The molecule has 0 aromatic carbocycles. The van der Waals surface area contributed by atoms with E-state index in [0.717, 1.165) is 6.08 Å². The van der Waals surface area contributed by atoms with Crippen LogP contribution in [0.5, 0.6) is 0 Å². The van der Waals surface area contributed by atoms with Crippen molar-refractivity contribution in [1.82, 2.24) is 0 Å². The average Bonchev–Trinajstić information content (AvgIpc) is 1.54. The standard InChI is InChI=1S/CClNO3S.H3NO3S/c2-7(5,6)3-1-4;1-5(2,3)4/h;(H3,1,2,3,4). The number of nitrogens with zero attached hydrogens (tertiary/aromatic N) is 1. The Morgan fingerprint density at radius 2 is 1.58 bits per heavy atom. The number of nitrogens with two attached hydrogens (primary N) is 1. The highest BCUT2D eigenvalue weighted by atomic mass is 35.7. The highest BCUT2D eigenvalue weighted by Gasteiger charge is 1.95. The van der Waals surface area contributed by atoms with Crippen molar-refractivity contribution in [2.45, 2.75) is 0 Å². The van der Waals surface area contributed by atoms with E-state index in [4.69, 9.17) is 17.8 Å².